The molecular formula is C14H21NO. The van der Waals surface area contributed by atoms with Gasteiger partial charge >= 0.3 is 0 Å². The molecule has 2 heteroatoms. The Balaban J connectivity index is 1.99. The summed E-state index contributed by atoms with van der Waals surface area (Å²) in [5, 5.41) is 9.11. The van der Waals surface area contributed by atoms with E-state index in [9.17, 15) is 0 Å². The number of benzene rings is 1. The molecule has 1 atom stereocenters. The van der Waals surface area contributed by atoms with Crippen molar-refractivity contribution in [3.05, 3.63) is 34.9 Å². The van der Waals surface area contributed by atoms with Gasteiger partial charge < -0.3 is 5.11 Å². The third kappa shape index (κ3) is 2.63. The fourth-order valence-corrected chi connectivity index (χ4v) is 2.47. The minimum Gasteiger partial charge on any atom is -0.396 e. The Labute approximate surface area is 97.9 Å². The van der Waals surface area contributed by atoms with Crippen molar-refractivity contribution in [1.82, 2.24) is 4.90 Å². The zero-order valence-electron chi connectivity index (χ0n) is 10.2. The quantitative estimate of drug-likeness (QED) is 0.841. The van der Waals surface area contributed by atoms with Gasteiger partial charge in [-0.25, -0.2) is 0 Å². The van der Waals surface area contributed by atoms with Crippen LogP contribution < -0.4 is 0 Å². The zero-order valence-corrected chi connectivity index (χ0v) is 10.2. The van der Waals surface area contributed by atoms with Gasteiger partial charge in [0.2, 0.25) is 0 Å². The summed E-state index contributed by atoms with van der Waals surface area (Å²) in [6.45, 7) is 7.85. The van der Waals surface area contributed by atoms with Crippen LogP contribution in [0.25, 0.3) is 0 Å². The Morgan fingerprint density at radius 2 is 2.19 bits per heavy atom. The first-order valence-electron chi connectivity index (χ1n) is 6.08. The highest BCUT2D eigenvalue weighted by Gasteiger charge is 2.21. The monoisotopic (exact) mass is 219 g/mol. The van der Waals surface area contributed by atoms with E-state index >= 15 is 0 Å². The van der Waals surface area contributed by atoms with Gasteiger partial charge in [-0.2, -0.15) is 0 Å². The van der Waals surface area contributed by atoms with Crippen molar-refractivity contribution < 1.29 is 5.11 Å². The molecule has 0 amide bonds. The fraction of sp³-hybridized carbons (Fsp3) is 0.571. The molecule has 0 bridgehead atoms. The molecule has 1 fully saturated rings. The highest BCUT2D eigenvalue weighted by atomic mass is 16.3. The second-order valence-corrected chi connectivity index (χ2v) is 5.00. The summed E-state index contributed by atoms with van der Waals surface area (Å²) >= 11 is 0. The Morgan fingerprint density at radius 3 is 2.81 bits per heavy atom. The molecule has 1 aliphatic rings. The normalized spacial score (nSPS) is 21.6. The van der Waals surface area contributed by atoms with Crippen molar-refractivity contribution in [2.45, 2.75) is 26.8 Å². The largest absolute Gasteiger partial charge is 0.396 e. The lowest BCUT2D eigenvalue weighted by molar-refractivity contribution is 0.220. The van der Waals surface area contributed by atoms with Crippen LogP contribution in [0.2, 0.25) is 0 Å². The number of hydrogen-bond acceptors (Lipinski definition) is 2. The number of likely N-dealkylation sites (tertiary alicyclic amines) is 1. The van der Waals surface area contributed by atoms with E-state index in [0.29, 0.717) is 12.5 Å². The smallest absolute Gasteiger partial charge is 0.0471 e. The van der Waals surface area contributed by atoms with Crippen LogP contribution in [0.4, 0.5) is 0 Å². The molecule has 0 radical (unpaired) electrons. The summed E-state index contributed by atoms with van der Waals surface area (Å²) in [7, 11) is 0. The molecule has 1 saturated heterocycles. The van der Waals surface area contributed by atoms with E-state index in [4.69, 9.17) is 5.11 Å². The first-order valence-corrected chi connectivity index (χ1v) is 6.08. The second kappa shape index (κ2) is 4.98. The van der Waals surface area contributed by atoms with Crippen molar-refractivity contribution in [3.63, 3.8) is 0 Å². The maximum Gasteiger partial charge on any atom is 0.0471 e. The van der Waals surface area contributed by atoms with Crippen LogP contribution in [-0.4, -0.2) is 29.7 Å². The molecule has 1 aromatic rings. The predicted molar refractivity (Wildman–Crippen MR) is 66.4 cm³/mol. The molecule has 1 N–H and O–H groups in total. The van der Waals surface area contributed by atoms with Crippen molar-refractivity contribution in [2.75, 3.05) is 19.7 Å². The Morgan fingerprint density at radius 1 is 1.38 bits per heavy atom. The van der Waals surface area contributed by atoms with Gasteiger partial charge in [-0.15, -0.1) is 0 Å². The van der Waals surface area contributed by atoms with Gasteiger partial charge in [0.25, 0.3) is 0 Å². The maximum atomic E-state index is 9.11. The molecule has 0 aromatic heterocycles. The van der Waals surface area contributed by atoms with Crippen molar-refractivity contribution in [1.29, 1.82) is 0 Å². The average Bonchev–Trinajstić information content (AvgIpc) is 2.70. The third-order valence-corrected chi connectivity index (χ3v) is 3.52. The highest BCUT2D eigenvalue weighted by molar-refractivity contribution is 5.30. The van der Waals surface area contributed by atoms with Crippen molar-refractivity contribution in [3.8, 4) is 0 Å². The summed E-state index contributed by atoms with van der Waals surface area (Å²) in [4.78, 5) is 2.44. The lowest BCUT2D eigenvalue weighted by Crippen LogP contribution is -2.21. The molecule has 2 nitrogen and oxygen atoms in total. The molecule has 1 aliphatic heterocycles. The van der Waals surface area contributed by atoms with Crippen LogP contribution in [-0.2, 0) is 6.54 Å². The van der Waals surface area contributed by atoms with E-state index in [-0.39, 0.29) is 0 Å². The number of aliphatic hydroxyl groups excluding tert-OH is 1. The summed E-state index contributed by atoms with van der Waals surface area (Å²) in [6, 6.07) is 6.66. The zero-order chi connectivity index (χ0) is 11.5. The third-order valence-electron chi connectivity index (χ3n) is 3.52. The van der Waals surface area contributed by atoms with Gasteiger partial charge in [0.1, 0.15) is 0 Å². The van der Waals surface area contributed by atoms with Gasteiger partial charge in [-0.3, -0.25) is 4.90 Å². The number of aliphatic hydroxyl groups is 1. The topological polar surface area (TPSA) is 23.5 Å². The Bertz CT molecular complexity index is 362. The number of rotatable bonds is 3. The number of nitrogens with zero attached hydrogens (tertiary/aromatic N) is 1. The summed E-state index contributed by atoms with van der Waals surface area (Å²) < 4.78 is 0. The lowest BCUT2D eigenvalue weighted by atomic mass is 10.1. The van der Waals surface area contributed by atoms with Crippen LogP contribution in [0.15, 0.2) is 18.2 Å². The first-order chi connectivity index (χ1) is 7.69. The SMILES string of the molecule is Cc1ccc(CN2CC[C@H](CO)C2)c(C)c1. The van der Waals surface area contributed by atoms with Gasteiger partial charge in [0.15, 0.2) is 0 Å². The van der Waals surface area contributed by atoms with Crippen LogP contribution in [0.5, 0.6) is 0 Å². The minimum absolute atomic E-state index is 0.337. The lowest BCUT2D eigenvalue weighted by Gasteiger charge is -2.17. The van der Waals surface area contributed by atoms with E-state index in [1.54, 1.807) is 0 Å². The number of aryl methyl sites for hydroxylation is 2. The fourth-order valence-electron chi connectivity index (χ4n) is 2.47. The Hall–Kier alpha value is -0.860. The predicted octanol–water partition coefficient (Wildman–Crippen LogP) is 2.12. The molecule has 1 heterocycles. The van der Waals surface area contributed by atoms with E-state index in [1.807, 2.05) is 0 Å². The molecule has 0 unspecified atom stereocenters. The standard InChI is InChI=1S/C14H21NO/c1-11-3-4-14(12(2)7-11)9-15-6-5-13(8-15)10-16/h3-4,7,13,16H,5-6,8-10H2,1-2H3/t13-/m0/s1. The Kier molecular flexibility index (Phi) is 3.62. The van der Waals surface area contributed by atoms with Crippen LogP contribution >= 0.6 is 0 Å². The van der Waals surface area contributed by atoms with Gasteiger partial charge in [-0.05, 0) is 43.9 Å². The average molecular weight is 219 g/mol. The van der Waals surface area contributed by atoms with Crippen molar-refractivity contribution in [2.24, 2.45) is 5.92 Å². The van der Waals surface area contributed by atoms with E-state index < -0.39 is 0 Å². The molecular weight excluding hydrogens is 198 g/mol. The van der Waals surface area contributed by atoms with Crippen LogP contribution in [0.3, 0.4) is 0 Å². The highest BCUT2D eigenvalue weighted by Crippen LogP contribution is 2.20. The number of hydrogen-bond donors (Lipinski definition) is 1. The van der Waals surface area contributed by atoms with Gasteiger partial charge in [0.05, 0.1) is 0 Å². The van der Waals surface area contributed by atoms with Gasteiger partial charge in [-0.1, -0.05) is 23.8 Å². The van der Waals surface area contributed by atoms with E-state index in [0.717, 1.165) is 26.1 Å². The first kappa shape index (κ1) is 11.6. The second-order valence-electron chi connectivity index (χ2n) is 5.00. The molecule has 0 saturated carbocycles. The molecule has 88 valence electrons. The summed E-state index contributed by atoms with van der Waals surface area (Å²) in [5.41, 5.74) is 4.13. The molecule has 1 aromatic carbocycles. The van der Waals surface area contributed by atoms with Gasteiger partial charge in [0, 0.05) is 19.7 Å². The molecule has 16 heavy (non-hydrogen) atoms. The van der Waals surface area contributed by atoms with E-state index in [2.05, 4.69) is 36.9 Å². The van der Waals surface area contributed by atoms with Crippen molar-refractivity contribution >= 4 is 0 Å². The minimum atomic E-state index is 0.337. The molecule has 0 aliphatic carbocycles. The maximum absolute atomic E-state index is 9.11. The summed E-state index contributed by atoms with van der Waals surface area (Å²) in [6.07, 6.45) is 1.14. The van der Waals surface area contributed by atoms with Crippen LogP contribution in [0, 0.1) is 19.8 Å². The van der Waals surface area contributed by atoms with Crippen LogP contribution in [0.1, 0.15) is 23.1 Å². The van der Waals surface area contributed by atoms with E-state index in [1.165, 1.54) is 16.7 Å². The summed E-state index contributed by atoms with van der Waals surface area (Å²) in [5.74, 6) is 0.491. The molecule has 2 rings (SSSR count). The molecule has 0 spiro atoms.